The molecule has 1 saturated carbocycles. The zero-order valence-corrected chi connectivity index (χ0v) is 18.7. The number of amides is 1. The molecular weight excluding hydrogens is 376 g/mol. The summed E-state index contributed by atoms with van der Waals surface area (Å²) in [6.45, 7) is 10.9. The van der Waals surface area contributed by atoms with Crippen LogP contribution in [0.3, 0.4) is 0 Å². The van der Waals surface area contributed by atoms with Crippen molar-refractivity contribution in [3.8, 4) is 11.4 Å². The molecular formula is C24H34N4O2. The number of carbonyl (C=O) groups excluding carboxylic acids is 1. The highest BCUT2D eigenvalue weighted by molar-refractivity contribution is 5.81. The normalized spacial score (nSPS) is 16.6. The summed E-state index contributed by atoms with van der Waals surface area (Å²) in [5, 5.41) is 5.06. The van der Waals surface area contributed by atoms with Crippen LogP contribution >= 0.6 is 0 Å². The maximum absolute atomic E-state index is 13.0. The van der Waals surface area contributed by atoms with E-state index in [4.69, 9.17) is 9.84 Å². The molecule has 0 radical (unpaired) electrons. The summed E-state index contributed by atoms with van der Waals surface area (Å²) in [5.41, 5.74) is 4.54. The number of aromatic nitrogens is 2. The lowest BCUT2D eigenvalue weighted by atomic mass is 10.0. The fraction of sp³-hybridized carbons (Fsp3) is 0.583. The number of hydrogen-bond donors (Lipinski definition) is 0. The van der Waals surface area contributed by atoms with Crippen LogP contribution in [0.4, 0.5) is 0 Å². The van der Waals surface area contributed by atoms with Crippen molar-refractivity contribution >= 4 is 5.91 Å². The molecule has 1 amide bonds. The summed E-state index contributed by atoms with van der Waals surface area (Å²) < 4.78 is 7.68. The van der Waals surface area contributed by atoms with Crippen LogP contribution in [-0.2, 0) is 24.3 Å². The third kappa shape index (κ3) is 4.24. The van der Waals surface area contributed by atoms with Crippen molar-refractivity contribution in [2.75, 3.05) is 26.7 Å². The predicted molar refractivity (Wildman–Crippen MR) is 118 cm³/mol. The summed E-state index contributed by atoms with van der Waals surface area (Å²) in [6, 6.07) is 8.04. The van der Waals surface area contributed by atoms with Crippen LogP contribution in [0.5, 0.6) is 5.75 Å². The van der Waals surface area contributed by atoms with Crippen LogP contribution in [0, 0.1) is 11.8 Å². The zero-order chi connectivity index (χ0) is 21.3. The van der Waals surface area contributed by atoms with Gasteiger partial charge in [0.15, 0.2) is 0 Å². The van der Waals surface area contributed by atoms with Crippen molar-refractivity contribution in [3.63, 3.8) is 0 Å². The van der Waals surface area contributed by atoms with Crippen LogP contribution in [-0.4, -0.2) is 52.2 Å². The van der Waals surface area contributed by atoms with E-state index in [0.29, 0.717) is 18.4 Å². The smallest absolute Gasteiger partial charge is 0.226 e. The molecule has 1 fully saturated rings. The predicted octanol–water partition coefficient (Wildman–Crippen LogP) is 3.65. The Hall–Kier alpha value is -2.34. The van der Waals surface area contributed by atoms with Gasteiger partial charge in [0.2, 0.25) is 5.91 Å². The topological polar surface area (TPSA) is 50.6 Å². The van der Waals surface area contributed by atoms with Crippen LogP contribution in [0.25, 0.3) is 5.69 Å². The van der Waals surface area contributed by atoms with Crippen LogP contribution in [0.15, 0.2) is 24.3 Å². The van der Waals surface area contributed by atoms with Gasteiger partial charge in [-0.25, -0.2) is 4.68 Å². The Morgan fingerprint density at radius 3 is 2.73 bits per heavy atom. The summed E-state index contributed by atoms with van der Waals surface area (Å²) >= 11 is 0. The third-order valence-corrected chi connectivity index (χ3v) is 6.14. The molecule has 4 rings (SSSR count). The molecule has 1 aliphatic carbocycles. The van der Waals surface area contributed by atoms with E-state index in [2.05, 4.69) is 36.4 Å². The Kier molecular flexibility index (Phi) is 6.14. The van der Waals surface area contributed by atoms with E-state index in [9.17, 15) is 4.79 Å². The Balaban J connectivity index is 1.73. The van der Waals surface area contributed by atoms with Gasteiger partial charge in [0, 0.05) is 37.5 Å². The van der Waals surface area contributed by atoms with E-state index in [1.807, 2.05) is 23.1 Å². The summed E-state index contributed by atoms with van der Waals surface area (Å²) in [7, 11) is 1.70. The largest absolute Gasteiger partial charge is 0.494 e. The van der Waals surface area contributed by atoms with Crippen LogP contribution in [0.2, 0.25) is 0 Å². The molecule has 1 aliphatic heterocycles. The number of hydrogen-bond acceptors (Lipinski definition) is 4. The number of methoxy groups -OCH3 is 1. The lowest BCUT2D eigenvalue weighted by molar-refractivity contribution is -0.133. The van der Waals surface area contributed by atoms with Gasteiger partial charge in [-0.3, -0.25) is 9.69 Å². The van der Waals surface area contributed by atoms with E-state index >= 15 is 0 Å². The van der Waals surface area contributed by atoms with E-state index in [1.165, 1.54) is 11.3 Å². The summed E-state index contributed by atoms with van der Waals surface area (Å²) in [5.74, 6) is 1.78. The van der Waals surface area contributed by atoms with Crippen molar-refractivity contribution in [3.05, 3.63) is 41.2 Å². The van der Waals surface area contributed by atoms with Gasteiger partial charge in [0.25, 0.3) is 0 Å². The summed E-state index contributed by atoms with van der Waals surface area (Å²) in [4.78, 5) is 17.5. The molecule has 0 bridgehead atoms. The van der Waals surface area contributed by atoms with Crippen molar-refractivity contribution in [2.45, 2.75) is 53.1 Å². The first-order valence-corrected chi connectivity index (χ1v) is 11.3. The minimum absolute atomic E-state index is 0.225. The molecule has 6 nitrogen and oxygen atoms in total. The van der Waals surface area contributed by atoms with Gasteiger partial charge in [-0.1, -0.05) is 32.9 Å². The minimum atomic E-state index is 0.225. The van der Waals surface area contributed by atoms with Gasteiger partial charge in [-0.2, -0.15) is 5.10 Å². The van der Waals surface area contributed by atoms with Crippen molar-refractivity contribution in [1.29, 1.82) is 0 Å². The minimum Gasteiger partial charge on any atom is -0.494 e. The molecule has 0 saturated heterocycles. The zero-order valence-electron chi connectivity index (χ0n) is 18.7. The second-order valence-electron chi connectivity index (χ2n) is 8.96. The first-order chi connectivity index (χ1) is 14.5. The number of rotatable bonds is 8. The summed E-state index contributed by atoms with van der Waals surface area (Å²) in [6.07, 6.45) is 3.02. The fourth-order valence-electron chi connectivity index (χ4n) is 4.39. The maximum Gasteiger partial charge on any atom is 0.226 e. The van der Waals surface area contributed by atoms with Crippen molar-refractivity contribution in [1.82, 2.24) is 19.6 Å². The first kappa shape index (κ1) is 20.9. The van der Waals surface area contributed by atoms with Gasteiger partial charge < -0.3 is 9.64 Å². The molecule has 0 atom stereocenters. The van der Waals surface area contributed by atoms with Crippen molar-refractivity contribution in [2.24, 2.45) is 11.8 Å². The number of para-hydroxylation sites is 2. The second kappa shape index (κ2) is 8.80. The molecule has 1 aromatic heterocycles. The Bertz CT molecular complexity index is 901. The first-order valence-electron chi connectivity index (χ1n) is 11.3. The second-order valence-corrected chi connectivity index (χ2v) is 8.96. The average Bonchev–Trinajstić information content (AvgIpc) is 3.55. The number of ether oxygens (including phenoxy) is 1. The van der Waals surface area contributed by atoms with Crippen LogP contribution < -0.4 is 4.74 Å². The van der Waals surface area contributed by atoms with Gasteiger partial charge in [0.05, 0.1) is 25.0 Å². The molecule has 30 heavy (non-hydrogen) atoms. The number of carbonyl (C=O) groups is 1. The molecule has 6 heteroatoms. The fourth-order valence-corrected chi connectivity index (χ4v) is 4.39. The van der Waals surface area contributed by atoms with Gasteiger partial charge in [0.1, 0.15) is 11.4 Å². The quantitative estimate of drug-likeness (QED) is 0.667. The van der Waals surface area contributed by atoms with Gasteiger partial charge in [-0.15, -0.1) is 0 Å². The van der Waals surface area contributed by atoms with E-state index in [0.717, 1.165) is 62.6 Å². The molecule has 0 spiro atoms. The standard InChI is InChI=1S/C24H34N4O2/c1-5-26-13-12-21-19(15-26)20(16-27(14-17(2)3)24(29)18-10-11-18)25-28(21)22-8-6-7-9-23(22)30-4/h6-9,17-18H,5,10-16H2,1-4H3. The lowest BCUT2D eigenvalue weighted by Crippen LogP contribution is -2.36. The van der Waals surface area contributed by atoms with E-state index < -0.39 is 0 Å². The van der Waals surface area contributed by atoms with Crippen LogP contribution in [0.1, 0.15) is 50.6 Å². The SMILES string of the molecule is CCN1CCc2c(c(CN(CC(C)C)C(=O)C3CC3)nn2-c2ccccc2OC)C1. The highest BCUT2D eigenvalue weighted by atomic mass is 16.5. The third-order valence-electron chi connectivity index (χ3n) is 6.14. The monoisotopic (exact) mass is 410 g/mol. The highest BCUT2D eigenvalue weighted by Gasteiger charge is 2.35. The van der Waals surface area contributed by atoms with Gasteiger partial charge in [-0.05, 0) is 37.4 Å². The number of nitrogens with zero attached hydrogens (tertiary/aromatic N) is 4. The highest BCUT2D eigenvalue weighted by Crippen LogP contribution is 2.33. The lowest BCUT2D eigenvalue weighted by Gasteiger charge is -2.28. The molecule has 0 N–H and O–H groups in total. The van der Waals surface area contributed by atoms with Crippen molar-refractivity contribution < 1.29 is 9.53 Å². The molecule has 162 valence electrons. The van der Waals surface area contributed by atoms with E-state index in [1.54, 1.807) is 7.11 Å². The molecule has 1 aromatic carbocycles. The number of fused-ring (bicyclic) bond motifs is 1. The molecule has 2 aliphatic rings. The Labute approximate surface area is 179 Å². The maximum atomic E-state index is 13.0. The number of benzene rings is 1. The molecule has 2 aromatic rings. The average molecular weight is 411 g/mol. The molecule has 0 unspecified atom stereocenters. The number of likely N-dealkylation sites (N-methyl/N-ethyl adjacent to an activating group) is 1. The molecule has 2 heterocycles. The Morgan fingerprint density at radius 1 is 1.30 bits per heavy atom. The Morgan fingerprint density at radius 2 is 2.07 bits per heavy atom. The van der Waals surface area contributed by atoms with E-state index in [-0.39, 0.29) is 5.92 Å². The van der Waals surface area contributed by atoms with Gasteiger partial charge >= 0.3 is 0 Å².